The van der Waals surface area contributed by atoms with Crippen LogP contribution in [0.5, 0.6) is 0 Å². The fourth-order valence-corrected chi connectivity index (χ4v) is 1.65. The summed E-state index contributed by atoms with van der Waals surface area (Å²) in [5.74, 6) is -1.02. The molecule has 0 saturated heterocycles. The molecule has 1 rings (SSSR count). The normalized spacial score (nSPS) is 10.2. The predicted molar refractivity (Wildman–Crippen MR) is 77.9 cm³/mol. The number of hydrogen-bond acceptors (Lipinski definition) is 4. The van der Waals surface area contributed by atoms with Gasteiger partial charge in [-0.2, -0.15) is 0 Å². The lowest BCUT2D eigenvalue weighted by molar-refractivity contribution is 0.0696. The van der Waals surface area contributed by atoms with Gasteiger partial charge in [0.1, 0.15) is 0 Å². The molecule has 1 aromatic carbocycles. The zero-order valence-electron chi connectivity index (χ0n) is 12.1. The molecule has 2 amide bonds. The second-order valence-corrected chi connectivity index (χ2v) is 4.27. The summed E-state index contributed by atoms with van der Waals surface area (Å²) in [7, 11) is 1.59. The first-order valence-corrected chi connectivity index (χ1v) is 6.50. The highest BCUT2D eigenvalue weighted by molar-refractivity contribution is 5.95. The molecule has 0 aliphatic carbocycles. The van der Waals surface area contributed by atoms with Crippen LogP contribution in [0, 0.1) is 6.92 Å². The van der Waals surface area contributed by atoms with Gasteiger partial charge in [-0.25, -0.2) is 9.59 Å². The molecule has 0 heterocycles. The van der Waals surface area contributed by atoms with Crippen LogP contribution in [-0.4, -0.2) is 50.6 Å². The Hall–Kier alpha value is -2.12. The highest BCUT2D eigenvalue weighted by Gasteiger charge is 2.11. The molecule has 21 heavy (non-hydrogen) atoms. The van der Waals surface area contributed by atoms with E-state index in [0.29, 0.717) is 37.6 Å². The molecule has 0 bridgehead atoms. The molecule has 7 heteroatoms. The lowest BCUT2D eigenvalue weighted by Crippen LogP contribution is -2.32. The quantitative estimate of drug-likeness (QED) is 0.631. The Morgan fingerprint density at radius 3 is 2.67 bits per heavy atom. The number of amides is 2. The zero-order chi connectivity index (χ0) is 15.7. The molecule has 0 atom stereocenters. The summed E-state index contributed by atoms with van der Waals surface area (Å²) in [5, 5.41) is 14.2. The number of anilines is 1. The Morgan fingerprint density at radius 2 is 2.00 bits per heavy atom. The number of hydrogen-bond donors (Lipinski definition) is 3. The molecule has 7 nitrogen and oxygen atoms in total. The van der Waals surface area contributed by atoms with E-state index >= 15 is 0 Å². The van der Waals surface area contributed by atoms with Crippen LogP contribution >= 0.6 is 0 Å². The number of benzene rings is 1. The molecule has 0 saturated carbocycles. The summed E-state index contributed by atoms with van der Waals surface area (Å²) in [4.78, 5) is 22.7. The second kappa shape index (κ2) is 8.93. The smallest absolute Gasteiger partial charge is 0.336 e. The molecule has 0 spiro atoms. The first-order valence-electron chi connectivity index (χ1n) is 6.50. The monoisotopic (exact) mass is 296 g/mol. The Labute approximate surface area is 123 Å². The third kappa shape index (κ3) is 5.80. The van der Waals surface area contributed by atoms with E-state index in [-0.39, 0.29) is 5.56 Å². The summed E-state index contributed by atoms with van der Waals surface area (Å²) in [6.45, 7) is 3.36. The molecule has 3 N–H and O–H groups in total. The molecule has 0 aromatic heterocycles. The van der Waals surface area contributed by atoms with Crippen molar-refractivity contribution < 1.29 is 24.2 Å². The maximum Gasteiger partial charge on any atom is 0.336 e. The molecule has 1 aromatic rings. The minimum absolute atomic E-state index is 0.163. The maximum atomic E-state index is 11.7. The van der Waals surface area contributed by atoms with Crippen LogP contribution in [0.2, 0.25) is 0 Å². The minimum atomic E-state index is -1.02. The average Bonchev–Trinajstić information content (AvgIpc) is 2.44. The Balaban J connectivity index is 2.41. The minimum Gasteiger partial charge on any atom is -0.478 e. The van der Waals surface area contributed by atoms with E-state index < -0.39 is 12.0 Å². The lowest BCUT2D eigenvalue weighted by atomic mass is 10.1. The summed E-state index contributed by atoms with van der Waals surface area (Å²) in [5.41, 5.74) is 1.14. The largest absolute Gasteiger partial charge is 0.478 e. The van der Waals surface area contributed by atoms with Gasteiger partial charge in [-0.1, -0.05) is 6.07 Å². The van der Waals surface area contributed by atoms with Gasteiger partial charge in [-0.15, -0.1) is 0 Å². The number of rotatable bonds is 8. The molecule has 0 fully saturated rings. The van der Waals surface area contributed by atoms with Gasteiger partial charge >= 0.3 is 12.0 Å². The Morgan fingerprint density at radius 1 is 1.24 bits per heavy atom. The molecule has 0 radical (unpaired) electrons. The topological polar surface area (TPSA) is 96.9 Å². The number of methoxy groups -OCH3 is 1. The van der Waals surface area contributed by atoms with Crippen molar-refractivity contribution in [3.8, 4) is 0 Å². The van der Waals surface area contributed by atoms with Crippen LogP contribution in [-0.2, 0) is 9.47 Å². The van der Waals surface area contributed by atoms with E-state index in [1.54, 1.807) is 26.2 Å². The van der Waals surface area contributed by atoms with Crippen molar-refractivity contribution in [3.63, 3.8) is 0 Å². The van der Waals surface area contributed by atoms with Gasteiger partial charge in [-0.05, 0) is 24.6 Å². The van der Waals surface area contributed by atoms with Gasteiger partial charge in [0.05, 0.1) is 25.4 Å². The summed E-state index contributed by atoms with van der Waals surface area (Å²) >= 11 is 0. The van der Waals surface area contributed by atoms with Crippen molar-refractivity contribution in [1.82, 2.24) is 5.32 Å². The van der Waals surface area contributed by atoms with Gasteiger partial charge in [0, 0.05) is 19.3 Å². The summed E-state index contributed by atoms with van der Waals surface area (Å²) in [6, 6.07) is 4.32. The third-order valence-electron chi connectivity index (χ3n) is 2.78. The molecule has 0 aliphatic rings. The standard InChI is InChI=1S/C14H20N2O5/c1-10-11(13(17)18)4-3-5-12(10)16-14(19)15-6-7-21-9-8-20-2/h3-5H,6-9H2,1-2H3,(H,17,18)(H2,15,16,19). The van der Waals surface area contributed by atoms with E-state index in [1.165, 1.54) is 6.07 Å². The third-order valence-corrected chi connectivity index (χ3v) is 2.78. The second-order valence-electron chi connectivity index (χ2n) is 4.27. The zero-order valence-corrected chi connectivity index (χ0v) is 12.1. The SMILES string of the molecule is COCCOCCNC(=O)Nc1cccc(C(=O)O)c1C. The first-order chi connectivity index (χ1) is 10.1. The van der Waals surface area contributed by atoms with Crippen LogP contribution in [0.4, 0.5) is 10.5 Å². The number of carbonyl (C=O) groups excluding carboxylic acids is 1. The van der Waals surface area contributed by atoms with Crippen molar-refractivity contribution in [2.75, 3.05) is 38.8 Å². The number of carboxylic acids is 1. The van der Waals surface area contributed by atoms with Gasteiger partial charge < -0.3 is 25.2 Å². The van der Waals surface area contributed by atoms with E-state index in [4.69, 9.17) is 14.6 Å². The summed E-state index contributed by atoms with van der Waals surface area (Å²) in [6.07, 6.45) is 0. The fraction of sp³-hybridized carbons (Fsp3) is 0.429. The van der Waals surface area contributed by atoms with Crippen LogP contribution in [0.1, 0.15) is 15.9 Å². The van der Waals surface area contributed by atoms with Gasteiger partial charge in [-0.3, -0.25) is 0 Å². The van der Waals surface area contributed by atoms with Crippen molar-refractivity contribution >= 4 is 17.7 Å². The van der Waals surface area contributed by atoms with Crippen LogP contribution < -0.4 is 10.6 Å². The lowest BCUT2D eigenvalue weighted by Gasteiger charge is -2.11. The fourth-order valence-electron chi connectivity index (χ4n) is 1.65. The number of carboxylic acid groups (broad SMARTS) is 1. The number of urea groups is 1. The Bertz CT molecular complexity index is 490. The van der Waals surface area contributed by atoms with Gasteiger partial charge in [0.2, 0.25) is 0 Å². The van der Waals surface area contributed by atoms with Crippen molar-refractivity contribution in [3.05, 3.63) is 29.3 Å². The number of nitrogens with one attached hydrogen (secondary N) is 2. The number of aromatic carboxylic acids is 1. The molecule has 116 valence electrons. The highest BCUT2D eigenvalue weighted by Crippen LogP contribution is 2.18. The van der Waals surface area contributed by atoms with Crippen LogP contribution in [0.15, 0.2) is 18.2 Å². The predicted octanol–water partition coefficient (Wildman–Crippen LogP) is 1.48. The first kappa shape index (κ1) is 16.9. The van der Waals surface area contributed by atoms with E-state index in [1.807, 2.05) is 0 Å². The summed E-state index contributed by atoms with van der Waals surface area (Å²) < 4.78 is 10.0. The highest BCUT2D eigenvalue weighted by atomic mass is 16.5. The van der Waals surface area contributed by atoms with E-state index in [2.05, 4.69) is 10.6 Å². The van der Waals surface area contributed by atoms with E-state index in [0.717, 1.165) is 0 Å². The molecular weight excluding hydrogens is 276 g/mol. The van der Waals surface area contributed by atoms with Crippen molar-refractivity contribution in [2.45, 2.75) is 6.92 Å². The number of carbonyl (C=O) groups is 2. The van der Waals surface area contributed by atoms with Gasteiger partial charge in [0.15, 0.2) is 0 Å². The Kier molecular flexibility index (Phi) is 7.20. The molecule has 0 aliphatic heterocycles. The maximum absolute atomic E-state index is 11.7. The van der Waals surface area contributed by atoms with Crippen LogP contribution in [0.3, 0.4) is 0 Å². The molecular formula is C14H20N2O5. The van der Waals surface area contributed by atoms with Crippen molar-refractivity contribution in [1.29, 1.82) is 0 Å². The van der Waals surface area contributed by atoms with Crippen LogP contribution in [0.25, 0.3) is 0 Å². The van der Waals surface area contributed by atoms with Crippen molar-refractivity contribution in [2.24, 2.45) is 0 Å². The van der Waals surface area contributed by atoms with Gasteiger partial charge in [0.25, 0.3) is 0 Å². The number of ether oxygens (including phenoxy) is 2. The average molecular weight is 296 g/mol. The molecule has 0 unspecified atom stereocenters. The van der Waals surface area contributed by atoms with E-state index in [9.17, 15) is 9.59 Å².